The normalized spacial score (nSPS) is 11.9. The van der Waals surface area contributed by atoms with Gasteiger partial charge >= 0.3 is 5.63 Å². The Morgan fingerprint density at radius 1 is 1.07 bits per heavy atom. The van der Waals surface area contributed by atoms with E-state index in [4.69, 9.17) is 4.42 Å². The third-order valence-corrected chi connectivity index (χ3v) is 7.19. The van der Waals surface area contributed by atoms with Crippen LogP contribution in [0.15, 0.2) is 51.7 Å². The van der Waals surface area contributed by atoms with Gasteiger partial charge in [0.2, 0.25) is 0 Å². The number of nitrogens with one attached hydrogen (secondary N) is 1. The van der Waals surface area contributed by atoms with E-state index in [2.05, 4.69) is 5.32 Å². The van der Waals surface area contributed by atoms with Gasteiger partial charge in [0.1, 0.15) is 5.58 Å². The summed E-state index contributed by atoms with van der Waals surface area (Å²) in [5, 5.41) is 3.78. The van der Waals surface area contributed by atoms with Gasteiger partial charge in [-0.2, -0.15) is 0 Å². The van der Waals surface area contributed by atoms with Crippen molar-refractivity contribution >= 4 is 26.5 Å². The summed E-state index contributed by atoms with van der Waals surface area (Å²) in [6.45, 7) is 7.73. The summed E-state index contributed by atoms with van der Waals surface area (Å²) >= 11 is 0. The largest absolute Gasteiger partial charge is 0.422 e. The van der Waals surface area contributed by atoms with E-state index in [1.54, 1.807) is 13.8 Å². The Hall–Kier alpha value is -2.60. The van der Waals surface area contributed by atoms with Gasteiger partial charge in [0.25, 0.3) is 0 Å². The molecule has 28 heavy (non-hydrogen) atoms. The maximum absolute atomic E-state index is 12.2. The molecule has 0 spiro atoms. The topological polar surface area (TPSA) is 76.4 Å². The molecule has 0 amide bonds. The molecule has 0 fully saturated rings. The summed E-state index contributed by atoms with van der Waals surface area (Å²) in [4.78, 5) is 12.0. The Morgan fingerprint density at radius 3 is 2.54 bits per heavy atom. The third kappa shape index (κ3) is 4.28. The fourth-order valence-electron chi connectivity index (χ4n) is 3.04. The van der Waals surface area contributed by atoms with Crippen molar-refractivity contribution in [2.24, 2.45) is 0 Å². The molecular formula is C22H25NO4S. The molecule has 6 heteroatoms. The molecule has 1 aromatic heterocycles. The molecule has 0 saturated carbocycles. The average Bonchev–Trinajstić information content (AvgIpc) is 2.63. The standard InChI is InChI=1S/C22H25NO4S/c1-14(2)28(25,26)13-17-6-5-7-19(10-17)23-12-18-11-21(24)27-22-16(4)15(3)8-9-20(18)22/h5-11,14,23H,12-13H2,1-4H3. The van der Waals surface area contributed by atoms with Crippen LogP contribution in [-0.4, -0.2) is 13.7 Å². The van der Waals surface area contributed by atoms with E-state index in [0.29, 0.717) is 12.1 Å². The van der Waals surface area contributed by atoms with Crippen molar-refractivity contribution in [3.05, 3.63) is 75.1 Å². The zero-order chi connectivity index (χ0) is 20.5. The van der Waals surface area contributed by atoms with Crippen LogP contribution in [0, 0.1) is 13.8 Å². The Labute approximate surface area is 165 Å². The summed E-state index contributed by atoms with van der Waals surface area (Å²) in [7, 11) is -3.16. The van der Waals surface area contributed by atoms with Gasteiger partial charge in [0, 0.05) is 23.7 Å². The van der Waals surface area contributed by atoms with E-state index in [-0.39, 0.29) is 11.4 Å². The first-order valence-corrected chi connectivity index (χ1v) is 11.0. The van der Waals surface area contributed by atoms with Crippen molar-refractivity contribution in [1.82, 2.24) is 0 Å². The predicted molar refractivity (Wildman–Crippen MR) is 113 cm³/mol. The highest BCUT2D eigenvalue weighted by atomic mass is 32.2. The van der Waals surface area contributed by atoms with Crippen LogP contribution in [0.1, 0.15) is 36.1 Å². The Bertz CT molecular complexity index is 1180. The molecule has 5 nitrogen and oxygen atoms in total. The van der Waals surface area contributed by atoms with Crippen LogP contribution in [0.25, 0.3) is 11.0 Å². The molecule has 0 unspecified atom stereocenters. The summed E-state index contributed by atoms with van der Waals surface area (Å²) in [5.41, 5.74) is 4.65. The molecular weight excluding hydrogens is 374 g/mol. The first-order valence-electron chi connectivity index (χ1n) is 9.24. The van der Waals surface area contributed by atoms with Crippen molar-refractivity contribution in [2.45, 2.75) is 45.2 Å². The van der Waals surface area contributed by atoms with Gasteiger partial charge in [0.15, 0.2) is 9.84 Å². The summed E-state index contributed by atoms with van der Waals surface area (Å²) in [6, 6.07) is 12.8. The van der Waals surface area contributed by atoms with Gasteiger partial charge in [-0.3, -0.25) is 0 Å². The molecule has 0 saturated heterocycles. The monoisotopic (exact) mass is 399 g/mol. The highest BCUT2D eigenvalue weighted by Gasteiger charge is 2.17. The van der Waals surface area contributed by atoms with Crippen molar-refractivity contribution in [3.63, 3.8) is 0 Å². The Kier molecular flexibility index (Phi) is 5.61. The van der Waals surface area contributed by atoms with Gasteiger partial charge in [0.05, 0.1) is 11.0 Å². The SMILES string of the molecule is Cc1ccc2c(CNc3cccc(CS(=O)(=O)C(C)C)c3)cc(=O)oc2c1C. The zero-order valence-electron chi connectivity index (χ0n) is 16.6. The number of hydrogen-bond donors (Lipinski definition) is 1. The van der Waals surface area contributed by atoms with E-state index >= 15 is 0 Å². The molecule has 0 radical (unpaired) electrons. The molecule has 2 aromatic carbocycles. The molecule has 0 atom stereocenters. The maximum Gasteiger partial charge on any atom is 0.336 e. The van der Waals surface area contributed by atoms with Gasteiger partial charge < -0.3 is 9.73 Å². The van der Waals surface area contributed by atoms with Crippen LogP contribution >= 0.6 is 0 Å². The summed E-state index contributed by atoms with van der Waals surface area (Å²) < 4.78 is 29.7. The molecule has 0 aliphatic heterocycles. The van der Waals surface area contributed by atoms with Crippen LogP contribution in [0.3, 0.4) is 0 Å². The number of benzene rings is 2. The minimum absolute atomic E-state index is 0.0104. The van der Waals surface area contributed by atoms with E-state index < -0.39 is 15.1 Å². The lowest BCUT2D eigenvalue weighted by atomic mass is 10.0. The molecule has 148 valence electrons. The Balaban J connectivity index is 1.86. The predicted octanol–water partition coefficient (Wildman–Crippen LogP) is 4.35. The van der Waals surface area contributed by atoms with Gasteiger partial charge in [-0.1, -0.05) is 24.3 Å². The molecule has 0 bridgehead atoms. The maximum atomic E-state index is 12.2. The first-order chi connectivity index (χ1) is 13.2. The van der Waals surface area contributed by atoms with Crippen LogP contribution in [0.2, 0.25) is 0 Å². The lowest BCUT2D eigenvalue weighted by molar-refractivity contribution is 0.556. The molecule has 1 N–H and O–H groups in total. The lowest BCUT2D eigenvalue weighted by Crippen LogP contribution is -2.16. The number of fused-ring (bicyclic) bond motifs is 1. The summed E-state index contributed by atoms with van der Waals surface area (Å²) in [6.07, 6.45) is 0. The summed E-state index contributed by atoms with van der Waals surface area (Å²) in [5.74, 6) is 0.0104. The quantitative estimate of drug-likeness (QED) is 0.624. The van der Waals surface area contributed by atoms with Gasteiger partial charge in [-0.05, 0) is 62.1 Å². The number of aryl methyl sites for hydroxylation is 2. The van der Waals surface area contributed by atoms with Crippen molar-refractivity contribution in [2.75, 3.05) is 5.32 Å². The minimum atomic E-state index is -3.16. The van der Waals surface area contributed by atoms with E-state index in [9.17, 15) is 13.2 Å². The van der Waals surface area contributed by atoms with Crippen molar-refractivity contribution < 1.29 is 12.8 Å². The van der Waals surface area contributed by atoms with Crippen LogP contribution in [-0.2, 0) is 22.1 Å². The highest BCUT2D eigenvalue weighted by molar-refractivity contribution is 7.91. The second kappa shape index (κ2) is 7.80. The smallest absolute Gasteiger partial charge is 0.336 e. The van der Waals surface area contributed by atoms with Crippen LogP contribution < -0.4 is 10.9 Å². The fourth-order valence-corrected chi connectivity index (χ4v) is 4.02. The second-order valence-electron chi connectivity index (χ2n) is 7.38. The zero-order valence-corrected chi connectivity index (χ0v) is 17.4. The van der Waals surface area contributed by atoms with Gasteiger partial charge in [-0.25, -0.2) is 13.2 Å². The van der Waals surface area contributed by atoms with Crippen LogP contribution in [0.4, 0.5) is 5.69 Å². The molecule has 0 aliphatic carbocycles. The number of rotatable bonds is 6. The lowest BCUT2D eigenvalue weighted by Gasteiger charge is -2.12. The average molecular weight is 400 g/mol. The van der Waals surface area contributed by atoms with E-state index in [0.717, 1.165) is 33.3 Å². The first kappa shape index (κ1) is 20.1. The second-order valence-corrected chi connectivity index (χ2v) is 9.94. The van der Waals surface area contributed by atoms with E-state index in [1.807, 2.05) is 50.2 Å². The molecule has 0 aliphatic rings. The van der Waals surface area contributed by atoms with Crippen LogP contribution in [0.5, 0.6) is 0 Å². The molecule has 3 rings (SSSR count). The fraction of sp³-hybridized carbons (Fsp3) is 0.318. The number of sulfone groups is 1. The highest BCUT2D eigenvalue weighted by Crippen LogP contribution is 2.24. The van der Waals surface area contributed by atoms with Crippen molar-refractivity contribution in [1.29, 1.82) is 0 Å². The number of anilines is 1. The number of hydrogen-bond acceptors (Lipinski definition) is 5. The van der Waals surface area contributed by atoms with Crippen molar-refractivity contribution in [3.8, 4) is 0 Å². The molecule has 3 aromatic rings. The van der Waals surface area contributed by atoms with E-state index in [1.165, 1.54) is 6.07 Å². The Morgan fingerprint density at radius 2 is 1.82 bits per heavy atom. The third-order valence-electron chi connectivity index (χ3n) is 5.01. The minimum Gasteiger partial charge on any atom is -0.422 e. The molecule has 1 heterocycles. The van der Waals surface area contributed by atoms with Gasteiger partial charge in [-0.15, -0.1) is 0 Å².